The normalized spacial score (nSPS) is 11.1. The summed E-state index contributed by atoms with van der Waals surface area (Å²) in [7, 11) is 0. The molecule has 1 aromatic heterocycles. The van der Waals surface area contributed by atoms with Crippen LogP contribution in [0, 0.1) is 0 Å². The van der Waals surface area contributed by atoms with Crippen molar-refractivity contribution < 1.29 is 5.21 Å². The molecule has 0 saturated carbocycles. The Morgan fingerprint density at radius 3 is 2.92 bits per heavy atom. The third-order valence-corrected chi connectivity index (χ3v) is 1.90. The summed E-state index contributed by atoms with van der Waals surface area (Å²) < 4.78 is 1.42. The van der Waals surface area contributed by atoms with Gasteiger partial charge in [-0.1, -0.05) is 13.3 Å². The van der Waals surface area contributed by atoms with Crippen molar-refractivity contribution in [3.05, 3.63) is 0 Å². The molecule has 0 bridgehead atoms. The first kappa shape index (κ1) is 10.4. The Kier molecular flexibility index (Phi) is 4.13. The van der Waals surface area contributed by atoms with Gasteiger partial charge in [0.15, 0.2) is 0 Å². The summed E-state index contributed by atoms with van der Waals surface area (Å²) in [5.41, 5.74) is 0. The van der Waals surface area contributed by atoms with Crippen LogP contribution in [-0.2, 0) is 6.67 Å². The van der Waals surface area contributed by atoms with Gasteiger partial charge < -0.3 is 5.21 Å². The largest absolute Gasteiger partial charge is 0.312 e. The molecule has 0 aromatic carbocycles. The zero-order valence-electron chi connectivity index (χ0n) is 7.46. The predicted octanol–water partition coefficient (Wildman–Crippen LogP) is 0.411. The van der Waals surface area contributed by atoms with E-state index in [1.54, 1.807) is 0 Å². The summed E-state index contributed by atoms with van der Waals surface area (Å²) in [6, 6.07) is 0. The third-order valence-electron chi connectivity index (χ3n) is 1.58. The van der Waals surface area contributed by atoms with E-state index >= 15 is 0 Å². The van der Waals surface area contributed by atoms with Crippen molar-refractivity contribution in [1.29, 1.82) is 0 Å². The topological polar surface area (TPSA) is 67.1 Å². The lowest BCUT2D eigenvalue weighted by atomic mass is 10.3. The number of aromatic nitrogens is 4. The van der Waals surface area contributed by atoms with Crippen molar-refractivity contribution >= 4 is 12.6 Å². The molecule has 0 saturated heterocycles. The molecule has 0 amide bonds. The second kappa shape index (κ2) is 5.15. The zero-order valence-corrected chi connectivity index (χ0v) is 8.35. The maximum absolute atomic E-state index is 9.36. The van der Waals surface area contributed by atoms with Gasteiger partial charge in [0.2, 0.25) is 5.16 Å². The highest BCUT2D eigenvalue weighted by atomic mass is 32.1. The molecule has 1 N–H and O–H groups in total. The van der Waals surface area contributed by atoms with Crippen LogP contribution in [0.4, 0.5) is 0 Å². The summed E-state index contributed by atoms with van der Waals surface area (Å²) in [4.78, 5) is 0. The van der Waals surface area contributed by atoms with Gasteiger partial charge in [0, 0.05) is 6.54 Å². The molecule has 0 unspecified atom stereocenters. The first-order chi connectivity index (χ1) is 6.24. The van der Waals surface area contributed by atoms with Crippen LogP contribution in [0.15, 0.2) is 5.16 Å². The maximum Gasteiger partial charge on any atom is 0.207 e. The van der Waals surface area contributed by atoms with Crippen LogP contribution in [0.2, 0.25) is 0 Å². The van der Waals surface area contributed by atoms with E-state index in [-0.39, 0.29) is 6.67 Å². The number of hydroxylamine groups is 2. The fourth-order valence-corrected chi connectivity index (χ4v) is 1.00. The summed E-state index contributed by atoms with van der Waals surface area (Å²) in [6.07, 6.45) is 1.99. The number of unbranched alkanes of at least 4 members (excludes halogenated alkanes) is 1. The number of hydrogen-bond donors (Lipinski definition) is 2. The van der Waals surface area contributed by atoms with Gasteiger partial charge in [-0.25, -0.2) is 4.68 Å². The second-order valence-electron chi connectivity index (χ2n) is 2.70. The fourth-order valence-electron chi connectivity index (χ4n) is 0.857. The van der Waals surface area contributed by atoms with Crippen LogP contribution in [0.3, 0.4) is 0 Å². The van der Waals surface area contributed by atoms with Gasteiger partial charge in [0.05, 0.1) is 0 Å². The van der Waals surface area contributed by atoms with Gasteiger partial charge in [0.1, 0.15) is 6.67 Å². The van der Waals surface area contributed by atoms with E-state index < -0.39 is 0 Å². The molecule has 0 fully saturated rings. The van der Waals surface area contributed by atoms with Crippen molar-refractivity contribution in [2.75, 3.05) is 6.54 Å². The minimum absolute atomic E-state index is 0.256. The summed E-state index contributed by atoms with van der Waals surface area (Å²) in [5, 5.41) is 21.5. The molecular formula is C6H13N5OS. The Bertz CT molecular complexity index is 253. The minimum atomic E-state index is 0.256. The van der Waals surface area contributed by atoms with Gasteiger partial charge in [0.25, 0.3) is 0 Å². The predicted molar refractivity (Wildman–Crippen MR) is 48.5 cm³/mol. The first-order valence-corrected chi connectivity index (χ1v) is 4.57. The van der Waals surface area contributed by atoms with Gasteiger partial charge in [-0.2, -0.15) is 5.06 Å². The average Bonchev–Trinajstić information content (AvgIpc) is 2.48. The second-order valence-corrected chi connectivity index (χ2v) is 3.10. The van der Waals surface area contributed by atoms with Crippen molar-refractivity contribution in [3.63, 3.8) is 0 Å². The molecule has 7 heteroatoms. The van der Waals surface area contributed by atoms with E-state index in [4.69, 9.17) is 0 Å². The Labute approximate surface area is 81.9 Å². The lowest BCUT2D eigenvalue weighted by Gasteiger charge is -2.13. The highest BCUT2D eigenvalue weighted by Crippen LogP contribution is 1.99. The van der Waals surface area contributed by atoms with E-state index in [0.29, 0.717) is 11.7 Å². The Morgan fingerprint density at radius 1 is 1.62 bits per heavy atom. The van der Waals surface area contributed by atoms with E-state index in [2.05, 4.69) is 35.1 Å². The molecule has 1 aromatic rings. The van der Waals surface area contributed by atoms with Crippen molar-refractivity contribution in [2.24, 2.45) is 0 Å². The number of rotatable bonds is 5. The lowest BCUT2D eigenvalue weighted by Crippen LogP contribution is -2.24. The smallest absolute Gasteiger partial charge is 0.207 e. The van der Waals surface area contributed by atoms with Crippen LogP contribution < -0.4 is 0 Å². The van der Waals surface area contributed by atoms with Crippen LogP contribution in [-0.4, -0.2) is 37.0 Å². The van der Waals surface area contributed by atoms with Crippen molar-refractivity contribution in [2.45, 2.75) is 31.6 Å². The Balaban J connectivity index is 2.36. The number of tetrazole rings is 1. The Hall–Kier alpha value is -0.660. The minimum Gasteiger partial charge on any atom is -0.312 e. The molecular weight excluding hydrogens is 190 g/mol. The molecule has 0 spiro atoms. The van der Waals surface area contributed by atoms with E-state index in [1.165, 1.54) is 9.75 Å². The number of hydrogen-bond acceptors (Lipinski definition) is 6. The van der Waals surface area contributed by atoms with Crippen LogP contribution in [0.1, 0.15) is 19.8 Å². The molecule has 1 rings (SSSR count). The van der Waals surface area contributed by atoms with E-state index in [0.717, 1.165) is 12.8 Å². The standard InChI is InChI=1S/C6H13N5OS/c1-2-3-4-10(12)5-11-6(13)7-8-9-11/h12H,2-5H2,1H3,(H,7,9,13). The quantitative estimate of drug-likeness (QED) is 0.536. The molecule has 74 valence electrons. The molecule has 1 heterocycles. The SMILES string of the molecule is CCCCN(O)Cn1nnnc1S. The van der Waals surface area contributed by atoms with E-state index in [9.17, 15) is 5.21 Å². The van der Waals surface area contributed by atoms with Crippen LogP contribution >= 0.6 is 12.6 Å². The highest BCUT2D eigenvalue weighted by Gasteiger charge is 2.05. The molecule has 0 aliphatic heterocycles. The van der Waals surface area contributed by atoms with Gasteiger partial charge in [-0.05, 0) is 16.8 Å². The van der Waals surface area contributed by atoms with Crippen LogP contribution in [0.5, 0.6) is 0 Å². The first-order valence-electron chi connectivity index (χ1n) is 4.13. The monoisotopic (exact) mass is 203 g/mol. The Morgan fingerprint density at radius 2 is 2.38 bits per heavy atom. The molecule has 6 nitrogen and oxygen atoms in total. The molecule has 0 aliphatic rings. The van der Waals surface area contributed by atoms with Gasteiger partial charge >= 0.3 is 0 Å². The molecule has 0 atom stereocenters. The summed E-state index contributed by atoms with van der Waals surface area (Å²) in [5.74, 6) is 0. The van der Waals surface area contributed by atoms with Gasteiger partial charge in [-0.3, -0.25) is 0 Å². The molecule has 0 aliphatic carbocycles. The van der Waals surface area contributed by atoms with Crippen LogP contribution in [0.25, 0.3) is 0 Å². The highest BCUT2D eigenvalue weighted by molar-refractivity contribution is 7.80. The lowest BCUT2D eigenvalue weighted by molar-refractivity contribution is -0.122. The summed E-state index contributed by atoms with van der Waals surface area (Å²) in [6.45, 7) is 2.93. The molecule has 13 heavy (non-hydrogen) atoms. The van der Waals surface area contributed by atoms with E-state index in [1.807, 2.05) is 0 Å². The third kappa shape index (κ3) is 3.29. The molecule has 0 radical (unpaired) electrons. The summed E-state index contributed by atoms with van der Waals surface area (Å²) >= 11 is 4.00. The van der Waals surface area contributed by atoms with Crippen molar-refractivity contribution in [3.8, 4) is 0 Å². The van der Waals surface area contributed by atoms with Gasteiger partial charge in [-0.15, -0.1) is 17.7 Å². The zero-order chi connectivity index (χ0) is 9.68. The fraction of sp³-hybridized carbons (Fsp3) is 0.833. The average molecular weight is 203 g/mol. The number of nitrogens with zero attached hydrogens (tertiary/aromatic N) is 5. The maximum atomic E-state index is 9.36. The number of thiol groups is 1. The van der Waals surface area contributed by atoms with Crippen molar-refractivity contribution in [1.82, 2.24) is 25.3 Å².